The van der Waals surface area contributed by atoms with Crippen LogP contribution in [0, 0.1) is 5.82 Å². The van der Waals surface area contributed by atoms with E-state index >= 15 is 0 Å². The molecule has 0 fully saturated rings. The van der Waals surface area contributed by atoms with E-state index in [-0.39, 0.29) is 12.1 Å². The monoisotopic (exact) mass is 278 g/mol. The largest absolute Gasteiger partial charge is 0.416 e. The molecule has 1 unspecified atom stereocenters. The lowest BCUT2D eigenvalue weighted by molar-refractivity contribution is -0.137. The molecule has 0 aliphatic heterocycles. The molecule has 0 saturated carbocycles. The Morgan fingerprint density at radius 3 is 2.16 bits per heavy atom. The predicted octanol–water partition coefficient (Wildman–Crippen LogP) is 3.19. The molecule has 0 bridgehead atoms. The van der Waals surface area contributed by atoms with Crippen molar-refractivity contribution in [2.75, 3.05) is 19.6 Å². The molecule has 1 aromatic rings. The third-order valence-corrected chi connectivity index (χ3v) is 3.11. The molecule has 0 aliphatic carbocycles. The Hall–Kier alpha value is -1.14. The van der Waals surface area contributed by atoms with Gasteiger partial charge >= 0.3 is 6.18 Å². The lowest BCUT2D eigenvalue weighted by Crippen LogP contribution is -2.33. The van der Waals surface area contributed by atoms with Gasteiger partial charge in [0.25, 0.3) is 0 Å². The van der Waals surface area contributed by atoms with Gasteiger partial charge < -0.3 is 5.73 Å². The van der Waals surface area contributed by atoms with Gasteiger partial charge in [0, 0.05) is 12.6 Å². The van der Waals surface area contributed by atoms with Crippen molar-refractivity contribution in [1.82, 2.24) is 4.90 Å². The molecule has 0 heterocycles. The Morgan fingerprint density at radius 1 is 1.16 bits per heavy atom. The number of nitrogens with two attached hydrogens (primary N) is 1. The molecule has 0 radical (unpaired) electrons. The second-order valence-corrected chi connectivity index (χ2v) is 4.24. The maximum absolute atomic E-state index is 13.4. The zero-order valence-electron chi connectivity index (χ0n) is 11.0. The van der Waals surface area contributed by atoms with Crippen molar-refractivity contribution >= 4 is 0 Å². The van der Waals surface area contributed by atoms with E-state index in [1.807, 2.05) is 18.7 Å². The summed E-state index contributed by atoms with van der Waals surface area (Å²) in [5.41, 5.74) is 4.90. The van der Waals surface area contributed by atoms with Gasteiger partial charge in [-0.3, -0.25) is 4.90 Å². The van der Waals surface area contributed by atoms with Crippen molar-refractivity contribution in [3.05, 3.63) is 35.1 Å². The summed E-state index contributed by atoms with van der Waals surface area (Å²) in [5.74, 6) is -0.893. The van der Waals surface area contributed by atoms with E-state index in [0.29, 0.717) is 19.2 Å². The summed E-state index contributed by atoms with van der Waals surface area (Å²) < 4.78 is 51.4. The molecule has 108 valence electrons. The minimum Gasteiger partial charge on any atom is -0.329 e. The molecule has 0 aliphatic rings. The summed E-state index contributed by atoms with van der Waals surface area (Å²) in [7, 11) is 0. The minimum absolute atomic E-state index is 0.141. The van der Waals surface area contributed by atoms with E-state index < -0.39 is 23.6 Å². The van der Waals surface area contributed by atoms with E-state index in [9.17, 15) is 17.6 Å². The predicted molar refractivity (Wildman–Crippen MR) is 66.1 cm³/mol. The second kappa shape index (κ2) is 6.34. The number of hydrogen-bond acceptors (Lipinski definition) is 2. The van der Waals surface area contributed by atoms with Crippen molar-refractivity contribution in [3.63, 3.8) is 0 Å². The molecule has 0 saturated heterocycles. The van der Waals surface area contributed by atoms with Crippen LogP contribution in [0.2, 0.25) is 0 Å². The molecular weight excluding hydrogens is 260 g/mol. The van der Waals surface area contributed by atoms with Gasteiger partial charge in [-0.15, -0.1) is 0 Å². The van der Waals surface area contributed by atoms with Crippen LogP contribution in [-0.4, -0.2) is 24.5 Å². The van der Waals surface area contributed by atoms with Crippen LogP contribution in [0.3, 0.4) is 0 Å². The topological polar surface area (TPSA) is 29.3 Å². The zero-order valence-corrected chi connectivity index (χ0v) is 11.0. The first-order valence-corrected chi connectivity index (χ1v) is 6.15. The highest BCUT2D eigenvalue weighted by Gasteiger charge is 2.32. The van der Waals surface area contributed by atoms with Crippen molar-refractivity contribution in [2.45, 2.75) is 26.1 Å². The molecule has 2 N–H and O–H groups in total. The fourth-order valence-electron chi connectivity index (χ4n) is 2.13. The number of benzene rings is 1. The summed E-state index contributed by atoms with van der Waals surface area (Å²) in [6.07, 6.45) is -4.56. The van der Waals surface area contributed by atoms with Crippen molar-refractivity contribution in [1.29, 1.82) is 0 Å². The Bertz CT molecular complexity index is 414. The van der Waals surface area contributed by atoms with Gasteiger partial charge in [-0.05, 0) is 36.9 Å². The van der Waals surface area contributed by atoms with Crippen molar-refractivity contribution < 1.29 is 17.6 Å². The molecule has 0 amide bonds. The number of likely N-dealkylation sites (N-methyl/N-ethyl adjacent to an activating group) is 1. The van der Waals surface area contributed by atoms with Crippen LogP contribution >= 0.6 is 0 Å². The van der Waals surface area contributed by atoms with Gasteiger partial charge in [-0.2, -0.15) is 13.2 Å². The molecule has 19 heavy (non-hydrogen) atoms. The van der Waals surface area contributed by atoms with Crippen LogP contribution in [0.25, 0.3) is 0 Å². The third-order valence-electron chi connectivity index (χ3n) is 3.11. The van der Waals surface area contributed by atoms with Gasteiger partial charge in [-0.25, -0.2) is 4.39 Å². The molecule has 0 spiro atoms. The second-order valence-electron chi connectivity index (χ2n) is 4.24. The summed E-state index contributed by atoms with van der Waals surface area (Å²) >= 11 is 0. The average Bonchev–Trinajstić information content (AvgIpc) is 2.33. The standard InChI is InChI=1S/C13H18F4N2/c1-3-19(4-2)12(8-18)9-5-10(13(15,16)17)7-11(14)6-9/h5-7,12H,3-4,8,18H2,1-2H3. The van der Waals surface area contributed by atoms with Gasteiger partial charge in [0.1, 0.15) is 5.82 Å². The SMILES string of the molecule is CCN(CC)C(CN)c1cc(F)cc(C(F)(F)F)c1. The minimum atomic E-state index is -4.56. The highest BCUT2D eigenvalue weighted by atomic mass is 19.4. The van der Waals surface area contributed by atoms with Gasteiger partial charge in [-0.1, -0.05) is 13.8 Å². The lowest BCUT2D eigenvalue weighted by atomic mass is 10.0. The number of nitrogens with zero attached hydrogens (tertiary/aromatic N) is 1. The average molecular weight is 278 g/mol. The molecular formula is C13H18F4N2. The van der Waals surface area contributed by atoms with Crippen molar-refractivity contribution in [3.8, 4) is 0 Å². The quantitative estimate of drug-likeness (QED) is 0.838. The summed E-state index contributed by atoms with van der Waals surface area (Å²) in [6.45, 7) is 5.18. The Labute approximate surface area is 110 Å². The first-order valence-electron chi connectivity index (χ1n) is 6.15. The Morgan fingerprint density at radius 2 is 1.74 bits per heavy atom. The van der Waals surface area contributed by atoms with Crippen molar-refractivity contribution in [2.24, 2.45) is 5.73 Å². The van der Waals surface area contributed by atoms with Crippen LogP contribution in [0.1, 0.15) is 31.0 Å². The smallest absolute Gasteiger partial charge is 0.329 e. The maximum atomic E-state index is 13.4. The highest BCUT2D eigenvalue weighted by Crippen LogP contribution is 2.32. The first kappa shape index (κ1) is 15.9. The Balaban J connectivity index is 3.21. The maximum Gasteiger partial charge on any atom is 0.416 e. The number of hydrogen-bond donors (Lipinski definition) is 1. The van der Waals surface area contributed by atoms with Crippen LogP contribution in [0.4, 0.5) is 17.6 Å². The molecule has 0 aromatic heterocycles. The molecule has 2 nitrogen and oxygen atoms in total. The highest BCUT2D eigenvalue weighted by molar-refractivity contribution is 5.29. The van der Waals surface area contributed by atoms with Crippen LogP contribution < -0.4 is 5.73 Å². The van der Waals surface area contributed by atoms with Gasteiger partial charge in [0.15, 0.2) is 0 Å². The zero-order chi connectivity index (χ0) is 14.6. The molecule has 1 aromatic carbocycles. The fourth-order valence-corrected chi connectivity index (χ4v) is 2.13. The van der Waals surface area contributed by atoms with E-state index in [4.69, 9.17) is 5.73 Å². The number of rotatable bonds is 5. The van der Waals surface area contributed by atoms with E-state index in [0.717, 1.165) is 12.1 Å². The number of alkyl halides is 3. The lowest BCUT2D eigenvalue weighted by Gasteiger charge is -2.29. The van der Waals surface area contributed by atoms with Crippen LogP contribution in [0.15, 0.2) is 18.2 Å². The molecule has 6 heteroatoms. The molecule has 1 atom stereocenters. The Kier molecular flexibility index (Phi) is 5.31. The number of halogens is 4. The fraction of sp³-hybridized carbons (Fsp3) is 0.538. The van der Waals surface area contributed by atoms with Gasteiger partial charge in [0.2, 0.25) is 0 Å². The molecule has 1 rings (SSSR count). The van der Waals surface area contributed by atoms with E-state index in [1.54, 1.807) is 0 Å². The summed E-state index contributed by atoms with van der Waals surface area (Å²) in [5, 5.41) is 0. The summed E-state index contributed by atoms with van der Waals surface area (Å²) in [4.78, 5) is 1.90. The summed E-state index contributed by atoms with van der Waals surface area (Å²) in [6, 6.07) is 2.18. The third kappa shape index (κ3) is 3.91. The van der Waals surface area contributed by atoms with E-state index in [1.165, 1.54) is 0 Å². The van der Waals surface area contributed by atoms with Gasteiger partial charge in [0.05, 0.1) is 5.56 Å². The first-order chi connectivity index (χ1) is 8.83. The normalized spacial score (nSPS) is 13.9. The van der Waals surface area contributed by atoms with Crippen LogP contribution in [-0.2, 0) is 6.18 Å². The van der Waals surface area contributed by atoms with E-state index in [2.05, 4.69) is 0 Å². The van der Waals surface area contributed by atoms with Crippen LogP contribution in [0.5, 0.6) is 0 Å².